The molecule has 0 aliphatic carbocycles. The Morgan fingerprint density at radius 1 is 0.940 bits per heavy atom. The van der Waals surface area contributed by atoms with E-state index in [1.54, 1.807) is 6.07 Å². The maximum atomic E-state index is 12.2. The van der Waals surface area contributed by atoms with Gasteiger partial charge in [-0.25, -0.2) is 9.97 Å². The van der Waals surface area contributed by atoms with Crippen LogP contribution in [0.4, 0.5) is 34.3 Å². The molecule has 2 aromatic carbocycles. The molecule has 0 unspecified atom stereocenters. The van der Waals surface area contributed by atoms with Crippen LogP contribution in [0.1, 0.15) is 50.8 Å². The first-order valence-electron chi connectivity index (χ1n) is 17.8. The summed E-state index contributed by atoms with van der Waals surface area (Å²) in [7, 11) is 0. The Bertz CT molecular complexity index is 1900. The Morgan fingerprint density at radius 3 is 2.52 bits per heavy atom. The van der Waals surface area contributed by atoms with E-state index < -0.39 is 0 Å². The number of benzene rings is 2. The Labute approximate surface area is 293 Å². The van der Waals surface area contributed by atoms with Crippen molar-refractivity contribution in [1.82, 2.24) is 14.9 Å². The second kappa shape index (κ2) is 13.6. The molecule has 2 aromatic heterocycles. The quantitative estimate of drug-likeness (QED) is 0.179. The van der Waals surface area contributed by atoms with Crippen molar-refractivity contribution in [3.63, 3.8) is 0 Å². The summed E-state index contributed by atoms with van der Waals surface area (Å²) < 4.78 is 5.74. The molecule has 0 saturated carbocycles. The highest BCUT2D eigenvalue weighted by molar-refractivity contribution is 6.03. The van der Waals surface area contributed by atoms with Gasteiger partial charge in [0, 0.05) is 111 Å². The molecule has 11 nitrogen and oxygen atoms in total. The summed E-state index contributed by atoms with van der Waals surface area (Å²) >= 11 is 0. The fourth-order valence-electron chi connectivity index (χ4n) is 7.68. The van der Waals surface area contributed by atoms with Crippen molar-refractivity contribution in [2.24, 2.45) is 0 Å². The van der Waals surface area contributed by atoms with Crippen molar-refractivity contribution in [1.29, 1.82) is 0 Å². The van der Waals surface area contributed by atoms with Gasteiger partial charge in [0.1, 0.15) is 18.1 Å². The monoisotopic (exact) mass is 672 g/mol. The van der Waals surface area contributed by atoms with E-state index in [0.29, 0.717) is 36.1 Å². The van der Waals surface area contributed by atoms with Crippen LogP contribution in [0.3, 0.4) is 0 Å². The van der Waals surface area contributed by atoms with E-state index in [1.165, 1.54) is 22.4 Å². The predicted molar refractivity (Wildman–Crippen MR) is 198 cm³/mol. The number of ketones is 1. The third-order valence-corrected chi connectivity index (χ3v) is 10.7. The van der Waals surface area contributed by atoms with Crippen LogP contribution in [-0.2, 0) is 13.0 Å². The number of hydrogen-bond acceptors (Lipinski definition) is 11. The minimum Gasteiger partial charge on any atom is -0.474 e. The summed E-state index contributed by atoms with van der Waals surface area (Å²) in [4.78, 5) is 42.9. The number of aromatic nitrogens is 2. The maximum Gasteiger partial charge on any atom is 0.237 e. The molecule has 50 heavy (non-hydrogen) atoms. The third kappa shape index (κ3) is 6.22. The van der Waals surface area contributed by atoms with Gasteiger partial charge in [0.25, 0.3) is 0 Å². The summed E-state index contributed by atoms with van der Waals surface area (Å²) in [5.74, 6) is 1.55. The van der Waals surface area contributed by atoms with Gasteiger partial charge in [-0.1, -0.05) is 6.92 Å². The van der Waals surface area contributed by atoms with Crippen molar-refractivity contribution in [3.8, 4) is 5.88 Å². The lowest BCUT2D eigenvalue weighted by Gasteiger charge is -2.49. The summed E-state index contributed by atoms with van der Waals surface area (Å²) in [5.41, 5.74) is 10.2. The number of anilines is 6. The number of pyridine rings is 2. The number of piperazine rings is 1. The van der Waals surface area contributed by atoms with E-state index in [2.05, 4.69) is 72.5 Å². The van der Waals surface area contributed by atoms with Gasteiger partial charge in [0.15, 0.2) is 12.1 Å². The molecule has 0 spiro atoms. The van der Waals surface area contributed by atoms with Gasteiger partial charge in [-0.3, -0.25) is 14.5 Å². The van der Waals surface area contributed by atoms with Gasteiger partial charge in [-0.05, 0) is 73.0 Å². The smallest absolute Gasteiger partial charge is 0.237 e. The molecule has 0 bridgehead atoms. The molecule has 6 heterocycles. The molecule has 2 N–H and O–H groups in total. The molecule has 0 atom stereocenters. The lowest BCUT2D eigenvalue weighted by Crippen LogP contribution is -2.63. The topological polar surface area (TPSA) is 106 Å². The van der Waals surface area contributed by atoms with Crippen LogP contribution < -0.4 is 30.1 Å². The number of rotatable bonds is 9. The van der Waals surface area contributed by atoms with Crippen LogP contribution in [0.5, 0.6) is 5.88 Å². The van der Waals surface area contributed by atoms with Crippen LogP contribution in [0.2, 0.25) is 0 Å². The van der Waals surface area contributed by atoms with Gasteiger partial charge in [0.2, 0.25) is 5.88 Å². The van der Waals surface area contributed by atoms with Gasteiger partial charge in [-0.2, -0.15) is 0 Å². The van der Waals surface area contributed by atoms with Gasteiger partial charge < -0.3 is 30.1 Å². The maximum absolute atomic E-state index is 12.2. The number of carbonyl (C=O) groups excluding carboxylic acids is 2. The average molecular weight is 673 g/mol. The fourth-order valence-corrected chi connectivity index (χ4v) is 7.68. The number of ether oxygens (including phenoxy) is 1. The first kappa shape index (κ1) is 32.1. The number of nitrogens with one attached hydrogen (secondary N) is 2. The van der Waals surface area contributed by atoms with E-state index in [1.807, 2.05) is 31.5 Å². The van der Waals surface area contributed by atoms with Crippen LogP contribution in [0, 0.1) is 6.92 Å². The van der Waals surface area contributed by atoms with Crippen molar-refractivity contribution in [3.05, 3.63) is 88.7 Å². The third-order valence-electron chi connectivity index (χ3n) is 10.7. The lowest BCUT2D eigenvalue weighted by molar-refractivity contribution is 0.0981. The van der Waals surface area contributed by atoms with E-state index in [4.69, 9.17) is 9.72 Å². The van der Waals surface area contributed by atoms with E-state index in [0.717, 1.165) is 100 Å². The van der Waals surface area contributed by atoms with Crippen LogP contribution in [0.15, 0.2) is 60.9 Å². The van der Waals surface area contributed by atoms with Crippen molar-refractivity contribution in [2.45, 2.75) is 39.3 Å². The molecule has 258 valence electrons. The highest BCUT2D eigenvalue weighted by Gasteiger charge is 2.34. The number of nitrogens with zero attached hydrogens (tertiary/aromatic N) is 6. The predicted octanol–water partition coefficient (Wildman–Crippen LogP) is 5.31. The number of hydrogen-bond donors (Lipinski definition) is 2. The van der Waals surface area contributed by atoms with Crippen LogP contribution in [0.25, 0.3) is 0 Å². The summed E-state index contributed by atoms with van der Waals surface area (Å²) in [5, 5.41) is 6.99. The van der Waals surface area contributed by atoms with Gasteiger partial charge >= 0.3 is 0 Å². The molecule has 8 rings (SSSR count). The molecule has 4 aliphatic heterocycles. The molecule has 11 heteroatoms. The molecular formula is C39H44N8O3. The Hall–Kier alpha value is -5.16. The Kier molecular flexibility index (Phi) is 8.74. The highest BCUT2D eigenvalue weighted by Crippen LogP contribution is 2.37. The standard InChI is InChI=1S/C39H44N8O3/c1-3-36(49)34-9-8-32(18-29(34)25-48)47-23-33(24-47)45-15-13-44(14-16-45)31-6-4-30(5-7-31)43-37-19-28-22-46(12-10-27(28)20-41-37)35-21-42-39-38(26(35)2)40-11-17-50-39/h4-9,18-21,25,33,40H,3,10-17,22-24H2,1-2H3,(H,41,43). The highest BCUT2D eigenvalue weighted by atomic mass is 16.5. The van der Waals surface area contributed by atoms with Crippen molar-refractivity contribution < 1.29 is 14.3 Å². The van der Waals surface area contributed by atoms with Crippen molar-refractivity contribution in [2.75, 3.05) is 84.3 Å². The summed E-state index contributed by atoms with van der Waals surface area (Å²) in [6.07, 6.45) is 6.11. The minimum absolute atomic E-state index is 0.00660. The number of carbonyl (C=O) groups is 2. The molecular weight excluding hydrogens is 628 g/mol. The SMILES string of the molecule is CCC(=O)c1ccc(N2CC(N3CCN(c4ccc(Nc5cc6c(cn5)CCN(c5cnc7c(c5C)NCCO7)C6)cc4)CC3)C2)cc1C=O. The second-order valence-electron chi connectivity index (χ2n) is 13.7. The van der Waals surface area contributed by atoms with Crippen LogP contribution in [-0.4, -0.2) is 91.9 Å². The van der Waals surface area contributed by atoms with Crippen molar-refractivity contribution >= 4 is 46.3 Å². The lowest BCUT2D eigenvalue weighted by atomic mass is 9.99. The zero-order chi connectivity index (χ0) is 34.2. The number of aldehydes is 1. The van der Waals surface area contributed by atoms with Crippen LogP contribution >= 0.6 is 0 Å². The fraction of sp³-hybridized carbons (Fsp3) is 0.385. The number of Topliss-reactive ketones (excluding diaryl/α,β-unsaturated/α-hetero) is 1. The Morgan fingerprint density at radius 2 is 1.74 bits per heavy atom. The first-order valence-corrected chi connectivity index (χ1v) is 17.8. The zero-order valence-corrected chi connectivity index (χ0v) is 28.8. The van der Waals surface area contributed by atoms with E-state index >= 15 is 0 Å². The molecule has 4 aromatic rings. The normalized spacial score (nSPS) is 17.6. The average Bonchev–Trinajstić information content (AvgIpc) is 3.14. The molecule has 2 fully saturated rings. The largest absolute Gasteiger partial charge is 0.474 e. The first-order chi connectivity index (χ1) is 24.5. The van der Waals surface area contributed by atoms with E-state index in [-0.39, 0.29) is 5.78 Å². The summed E-state index contributed by atoms with van der Waals surface area (Å²) in [6.45, 7) is 13.0. The molecule has 0 radical (unpaired) electrons. The molecule has 4 aliphatic rings. The van der Waals surface area contributed by atoms with Gasteiger partial charge in [0.05, 0.1) is 11.9 Å². The van der Waals surface area contributed by atoms with E-state index in [9.17, 15) is 9.59 Å². The molecule has 0 amide bonds. The second-order valence-corrected chi connectivity index (χ2v) is 13.7. The molecule has 2 saturated heterocycles. The minimum atomic E-state index is 0.00660. The Balaban J connectivity index is 0.841. The zero-order valence-electron chi connectivity index (χ0n) is 28.8. The van der Waals surface area contributed by atoms with Gasteiger partial charge in [-0.15, -0.1) is 0 Å². The summed E-state index contributed by atoms with van der Waals surface area (Å²) in [6, 6.07) is 17.0. The number of fused-ring (bicyclic) bond motifs is 2.